The Hall–Kier alpha value is -3.50. The van der Waals surface area contributed by atoms with Crippen molar-refractivity contribution in [1.82, 2.24) is 4.98 Å². The average molecular weight is 417 g/mol. The number of nitrogens with one attached hydrogen (secondary N) is 1. The van der Waals surface area contributed by atoms with Crippen LogP contribution in [0.15, 0.2) is 53.6 Å². The van der Waals surface area contributed by atoms with Crippen molar-refractivity contribution in [3.05, 3.63) is 65.2 Å². The molecular weight excluding hydrogens is 398 g/mol. The molecule has 1 aliphatic heterocycles. The fourth-order valence-electron chi connectivity index (χ4n) is 3.04. The first-order valence-corrected chi connectivity index (χ1v) is 10.3. The lowest BCUT2D eigenvalue weighted by molar-refractivity contribution is -0.113. The number of benzene rings is 2. The van der Waals surface area contributed by atoms with Gasteiger partial charge in [-0.3, -0.25) is 4.79 Å². The topological polar surface area (TPSA) is 84.2 Å². The molecule has 2 aromatic carbocycles. The number of aromatic nitrogens is 1. The van der Waals surface area contributed by atoms with Crippen molar-refractivity contribution in [3.63, 3.8) is 0 Å². The molecule has 0 atom stereocenters. The molecule has 150 valence electrons. The molecule has 0 radical (unpaired) electrons. The summed E-state index contributed by atoms with van der Waals surface area (Å²) in [6.07, 6.45) is 0. The normalized spacial score (nSPS) is 11.8. The number of thioether (sulfide) groups is 1. The zero-order chi connectivity index (χ0) is 21.1. The number of carbonyl (C=O) groups is 1. The Balaban J connectivity index is 1.51. The first-order chi connectivity index (χ1) is 14.5. The maximum atomic E-state index is 12.5. The van der Waals surface area contributed by atoms with Gasteiger partial charge in [0.25, 0.3) is 0 Å². The van der Waals surface area contributed by atoms with E-state index in [9.17, 15) is 10.1 Å². The van der Waals surface area contributed by atoms with E-state index in [4.69, 9.17) is 9.47 Å². The van der Waals surface area contributed by atoms with E-state index in [1.807, 2.05) is 50.2 Å². The van der Waals surface area contributed by atoms with E-state index >= 15 is 0 Å². The summed E-state index contributed by atoms with van der Waals surface area (Å²) in [4.78, 5) is 17.1. The van der Waals surface area contributed by atoms with E-state index in [0.717, 1.165) is 22.4 Å². The van der Waals surface area contributed by atoms with Gasteiger partial charge in [0.05, 0.1) is 17.0 Å². The van der Waals surface area contributed by atoms with Crippen LogP contribution >= 0.6 is 11.8 Å². The van der Waals surface area contributed by atoms with Crippen LogP contribution in [0.5, 0.6) is 11.5 Å². The fourth-order valence-corrected chi connectivity index (χ4v) is 3.81. The maximum absolute atomic E-state index is 12.5. The summed E-state index contributed by atoms with van der Waals surface area (Å²) in [5.41, 5.74) is 4.86. The first-order valence-electron chi connectivity index (χ1n) is 9.34. The number of anilines is 1. The number of hydrogen-bond acceptors (Lipinski definition) is 6. The summed E-state index contributed by atoms with van der Waals surface area (Å²) in [5, 5.41) is 12.9. The number of aryl methyl sites for hydroxylation is 2. The van der Waals surface area contributed by atoms with E-state index in [-0.39, 0.29) is 18.5 Å². The van der Waals surface area contributed by atoms with E-state index in [1.54, 1.807) is 12.1 Å². The maximum Gasteiger partial charge on any atom is 0.234 e. The molecule has 1 aliphatic rings. The number of pyridine rings is 1. The molecule has 4 rings (SSSR count). The highest BCUT2D eigenvalue weighted by atomic mass is 32.2. The smallest absolute Gasteiger partial charge is 0.234 e. The van der Waals surface area contributed by atoms with Gasteiger partial charge in [-0.2, -0.15) is 5.26 Å². The van der Waals surface area contributed by atoms with Gasteiger partial charge in [-0.25, -0.2) is 4.98 Å². The van der Waals surface area contributed by atoms with Crippen LogP contribution in [-0.4, -0.2) is 23.4 Å². The number of hydrogen-bond donors (Lipinski definition) is 1. The van der Waals surface area contributed by atoms with Crippen molar-refractivity contribution < 1.29 is 14.3 Å². The summed E-state index contributed by atoms with van der Waals surface area (Å²) in [7, 11) is 0. The number of rotatable bonds is 5. The lowest BCUT2D eigenvalue weighted by Gasteiger charge is -2.10. The lowest BCUT2D eigenvalue weighted by Crippen LogP contribution is -2.15. The Labute approximate surface area is 178 Å². The minimum atomic E-state index is -0.145. The van der Waals surface area contributed by atoms with Crippen LogP contribution in [-0.2, 0) is 4.79 Å². The highest BCUT2D eigenvalue weighted by molar-refractivity contribution is 8.00. The predicted octanol–water partition coefficient (Wildman–Crippen LogP) is 4.70. The molecule has 3 aromatic rings. The molecule has 0 bridgehead atoms. The standard InChI is InChI=1S/C23H19N3O3S/c1-14-3-4-15(2)19(9-14)25-22(27)12-30-23-17(11-24)5-7-18(26-23)16-6-8-20-21(10-16)29-13-28-20/h3-10H,12-13H2,1-2H3,(H,25,27). The molecule has 6 nitrogen and oxygen atoms in total. The van der Waals surface area contributed by atoms with Crippen LogP contribution in [0.25, 0.3) is 11.3 Å². The number of nitrogens with zero attached hydrogens (tertiary/aromatic N) is 2. The molecular formula is C23H19N3O3S. The number of nitriles is 1. The fraction of sp³-hybridized carbons (Fsp3) is 0.174. The second-order valence-corrected chi connectivity index (χ2v) is 7.85. The van der Waals surface area contributed by atoms with Gasteiger partial charge in [0, 0.05) is 11.3 Å². The van der Waals surface area contributed by atoms with Crippen LogP contribution in [0.3, 0.4) is 0 Å². The Morgan fingerprint density at radius 2 is 1.97 bits per heavy atom. The van der Waals surface area contributed by atoms with E-state index < -0.39 is 0 Å². The number of amides is 1. The Bertz CT molecular complexity index is 1170. The Morgan fingerprint density at radius 3 is 2.80 bits per heavy atom. The Morgan fingerprint density at radius 1 is 1.13 bits per heavy atom. The second kappa shape index (κ2) is 8.47. The average Bonchev–Trinajstić information content (AvgIpc) is 3.22. The van der Waals surface area contributed by atoms with Gasteiger partial charge < -0.3 is 14.8 Å². The minimum Gasteiger partial charge on any atom is -0.454 e. The molecule has 1 amide bonds. The van der Waals surface area contributed by atoms with E-state index in [1.165, 1.54) is 11.8 Å². The second-order valence-electron chi connectivity index (χ2n) is 6.88. The summed E-state index contributed by atoms with van der Waals surface area (Å²) in [6, 6.07) is 17.2. The predicted molar refractivity (Wildman–Crippen MR) is 116 cm³/mol. The van der Waals surface area contributed by atoms with E-state index in [0.29, 0.717) is 27.8 Å². The SMILES string of the molecule is Cc1ccc(C)c(NC(=O)CSc2nc(-c3ccc4c(c3)OCO4)ccc2C#N)c1. The summed E-state index contributed by atoms with van der Waals surface area (Å²) in [6.45, 7) is 4.14. The first kappa shape index (κ1) is 19.8. The third-order valence-corrected chi connectivity index (χ3v) is 5.65. The number of ether oxygens (including phenoxy) is 2. The molecule has 7 heteroatoms. The third-order valence-electron chi connectivity index (χ3n) is 4.66. The molecule has 0 aliphatic carbocycles. The van der Waals surface area contributed by atoms with Crippen LogP contribution < -0.4 is 14.8 Å². The third kappa shape index (κ3) is 4.24. The van der Waals surface area contributed by atoms with Gasteiger partial charge in [0.2, 0.25) is 12.7 Å². The zero-order valence-corrected chi connectivity index (χ0v) is 17.4. The van der Waals surface area contributed by atoms with Crippen LogP contribution in [0, 0.1) is 25.2 Å². The van der Waals surface area contributed by atoms with Gasteiger partial charge in [0.1, 0.15) is 11.1 Å². The van der Waals surface area contributed by atoms with Crippen molar-refractivity contribution in [2.45, 2.75) is 18.9 Å². The van der Waals surface area contributed by atoms with Gasteiger partial charge in [-0.05, 0) is 61.4 Å². The quantitative estimate of drug-likeness (QED) is 0.606. The molecule has 1 N–H and O–H groups in total. The van der Waals surface area contributed by atoms with Gasteiger partial charge in [0.15, 0.2) is 11.5 Å². The monoisotopic (exact) mass is 417 g/mol. The van der Waals surface area contributed by atoms with Gasteiger partial charge in [-0.1, -0.05) is 23.9 Å². The summed E-state index contributed by atoms with van der Waals surface area (Å²) < 4.78 is 10.8. The molecule has 0 fully saturated rings. The van der Waals surface area contributed by atoms with E-state index in [2.05, 4.69) is 16.4 Å². The summed E-state index contributed by atoms with van der Waals surface area (Å²) >= 11 is 1.24. The molecule has 0 saturated carbocycles. The lowest BCUT2D eigenvalue weighted by atomic mass is 10.1. The van der Waals surface area contributed by atoms with Crippen LogP contribution in [0.4, 0.5) is 5.69 Å². The van der Waals surface area contributed by atoms with Crippen molar-refractivity contribution in [2.75, 3.05) is 17.9 Å². The molecule has 1 aromatic heterocycles. The van der Waals surface area contributed by atoms with Crippen molar-refractivity contribution in [2.24, 2.45) is 0 Å². The molecule has 2 heterocycles. The van der Waals surface area contributed by atoms with Gasteiger partial charge in [-0.15, -0.1) is 0 Å². The molecule has 0 spiro atoms. The number of fused-ring (bicyclic) bond motifs is 1. The van der Waals surface area contributed by atoms with Crippen LogP contribution in [0.2, 0.25) is 0 Å². The molecule has 0 unspecified atom stereocenters. The number of carbonyl (C=O) groups excluding carboxylic acids is 1. The zero-order valence-electron chi connectivity index (χ0n) is 16.6. The van der Waals surface area contributed by atoms with Crippen LogP contribution in [0.1, 0.15) is 16.7 Å². The van der Waals surface area contributed by atoms with Gasteiger partial charge >= 0.3 is 0 Å². The largest absolute Gasteiger partial charge is 0.454 e. The molecule has 30 heavy (non-hydrogen) atoms. The highest BCUT2D eigenvalue weighted by Gasteiger charge is 2.16. The minimum absolute atomic E-state index is 0.145. The highest BCUT2D eigenvalue weighted by Crippen LogP contribution is 2.36. The van der Waals surface area contributed by atoms with Crippen molar-refractivity contribution >= 4 is 23.4 Å². The van der Waals surface area contributed by atoms with Crippen molar-refractivity contribution in [1.29, 1.82) is 5.26 Å². The summed E-state index contributed by atoms with van der Waals surface area (Å²) in [5.74, 6) is 1.37. The van der Waals surface area contributed by atoms with Crippen molar-refractivity contribution in [3.8, 4) is 28.8 Å². The molecule has 0 saturated heterocycles. The Kier molecular flexibility index (Phi) is 5.59.